The van der Waals surface area contributed by atoms with Gasteiger partial charge in [-0.15, -0.1) is 11.3 Å². The summed E-state index contributed by atoms with van der Waals surface area (Å²) in [4.78, 5) is 27.6. The minimum Gasteiger partial charge on any atom is -0.384 e. The number of hydrogen-bond acceptors (Lipinski definition) is 4. The highest BCUT2D eigenvalue weighted by atomic mass is 32.1. The zero-order valence-corrected chi connectivity index (χ0v) is 10.7. The minimum atomic E-state index is -0.267. The normalized spacial score (nSPS) is 15.0. The first kappa shape index (κ1) is 12.6. The molecule has 5 nitrogen and oxygen atoms in total. The summed E-state index contributed by atoms with van der Waals surface area (Å²) in [5.41, 5.74) is 0. The fourth-order valence-electron chi connectivity index (χ4n) is 1.64. The molecule has 0 radical (unpaired) electrons. The molecule has 1 aliphatic rings. The van der Waals surface area contributed by atoms with Crippen molar-refractivity contribution in [1.82, 2.24) is 9.80 Å². The number of nitrogens with zero attached hydrogens (tertiary/aromatic N) is 2. The summed E-state index contributed by atoms with van der Waals surface area (Å²) in [6, 6.07) is 3.39. The summed E-state index contributed by atoms with van der Waals surface area (Å²) in [6.45, 7) is 0.246. The van der Waals surface area contributed by atoms with E-state index in [1.54, 1.807) is 7.05 Å². The van der Waals surface area contributed by atoms with Gasteiger partial charge in [0.1, 0.15) is 13.2 Å². The van der Waals surface area contributed by atoms with Crippen LogP contribution in [0.3, 0.4) is 0 Å². The average Bonchev–Trinajstić information content (AvgIpc) is 2.88. The molecule has 1 N–H and O–H groups in total. The second-order valence-electron chi connectivity index (χ2n) is 3.84. The lowest BCUT2D eigenvalue weighted by Crippen LogP contribution is -2.30. The van der Waals surface area contributed by atoms with Crippen LogP contribution < -0.4 is 0 Å². The highest BCUT2D eigenvalue weighted by molar-refractivity contribution is 7.12. The Morgan fingerprint density at radius 2 is 2.22 bits per heavy atom. The van der Waals surface area contributed by atoms with E-state index in [4.69, 9.17) is 5.11 Å². The third-order valence-electron chi connectivity index (χ3n) is 2.50. The molecule has 0 aromatic carbocycles. The lowest BCUT2D eigenvalue weighted by atomic mass is 10.4. The van der Waals surface area contributed by atoms with E-state index in [0.717, 1.165) is 9.75 Å². The number of urea groups is 1. The van der Waals surface area contributed by atoms with Gasteiger partial charge in [0.05, 0.1) is 11.4 Å². The van der Waals surface area contributed by atoms with E-state index in [1.165, 1.54) is 21.1 Å². The van der Waals surface area contributed by atoms with Gasteiger partial charge >= 0.3 is 6.03 Å². The Bertz CT molecular complexity index is 541. The maximum Gasteiger partial charge on any atom is 0.327 e. The molecule has 1 saturated heterocycles. The SMILES string of the molecule is CN1CC(=O)N(Cc2ccc(C#CCO)s2)C1=O. The molecule has 1 aromatic rings. The largest absolute Gasteiger partial charge is 0.384 e. The van der Waals surface area contributed by atoms with Gasteiger partial charge in [-0.05, 0) is 12.1 Å². The zero-order valence-electron chi connectivity index (χ0n) is 9.84. The lowest BCUT2D eigenvalue weighted by molar-refractivity contribution is -0.125. The van der Waals surface area contributed by atoms with Crippen molar-refractivity contribution in [1.29, 1.82) is 0 Å². The van der Waals surface area contributed by atoms with Crippen LogP contribution in [-0.4, -0.2) is 47.0 Å². The van der Waals surface area contributed by atoms with Gasteiger partial charge < -0.3 is 10.0 Å². The van der Waals surface area contributed by atoms with Crippen molar-refractivity contribution >= 4 is 23.3 Å². The molecule has 0 spiro atoms. The first-order chi connectivity index (χ1) is 8.61. The fraction of sp³-hybridized carbons (Fsp3) is 0.333. The summed E-state index contributed by atoms with van der Waals surface area (Å²) in [7, 11) is 1.60. The van der Waals surface area contributed by atoms with Crippen LogP contribution >= 0.6 is 11.3 Å². The number of likely N-dealkylation sites (N-methyl/N-ethyl adjacent to an activating group) is 1. The Labute approximate surface area is 109 Å². The molecule has 1 fully saturated rings. The Hall–Kier alpha value is -1.84. The van der Waals surface area contributed by atoms with Gasteiger partial charge in [0.15, 0.2) is 0 Å². The van der Waals surface area contributed by atoms with E-state index in [1.807, 2.05) is 12.1 Å². The molecule has 2 rings (SSSR count). The summed E-state index contributed by atoms with van der Waals surface area (Å²) in [5.74, 6) is 5.17. The van der Waals surface area contributed by atoms with Gasteiger partial charge in [-0.25, -0.2) is 4.79 Å². The number of carbonyl (C=O) groups excluding carboxylic acids is 2. The molecule has 1 aromatic heterocycles. The lowest BCUT2D eigenvalue weighted by Gasteiger charge is -2.12. The van der Waals surface area contributed by atoms with E-state index in [-0.39, 0.29) is 31.6 Å². The van der Waals surface area contributed by atoms with Gasteiger partial charge in [-0.2, -0.15) is 0 Å². The van der Waals surface area contributed by atoms with E-state index in [0.29, 0.717) is 0 Å². The van der Waals surface area contributed by atoms with Crippen LogP contribution in [0.25, 0.3) is 0 Å². The quantitative estimate of drug-likeness (QED) is 0.624. The molecule has 18 heavy (non-hydrogen) atoms. The highest BCUT2D eigenvalue weighted by Crippen LogP contribution is 2.20. The van der Waals surface area contributed by atoms with E-state index < -0.39 is 0 Å². The number of thiophene rings is 1. The van der Waals surface area contributed by atoms with Crippen LogP contribution in [0.15, 0.2) is 12.1 Å². The highest BCUT2D eigenvalue weighted by Gasteiger charge is 2.33. The summed E-state index contributed by atoms with van der Waals surface area (Å²) in [5, 5.41) is 8.59. The summed E-state index contributed by atoms with van der Waals surface area (Å²) < 4.78 is 0. The molecule has 3 amide bonds. The molecule has 0 saturated carbocycles. The van der Waals surface area contributed by atoms with Crippen LogP contribution in [-0.2, 0) is 11.3 Å². The molecule has 1 aliphatic heterocycles. The minimum absolute atomic E-state index is 0.140. The predicted octanol–water partition coefficient (Wildman–Crippen LogP) is 0.486. The van der Waals surface area contributed by atoms with Crippen LogP contribution in [0, 0.1) is 11.8 Å². The maximum absolute atomic E-state index is 11.7. The Morgan fingerprint density at radius 3 is 2.83 bits per heavy atom. The third-order valence-corrected chi connectivity index (χ3v) is 3.48. The number of amides is 3. The molecule has 0 atom stereocenters. The van der Waals surface area contributed by atoms with Crippen molar-refractivity contribution in [3.63, 3.8) is 0 Å². The fourth-order valence-corrected chi connectivity index (χ4v) is 2.51. The number of aliphatic hydroxyl groups excluding tert-OH is 1. The summed E-state index contributed by atoms with van der Waals surface area (Å²) in [6.07, 6.45) is 0. The van der Waals surface area contributed by atoms with Crippen LogP contribution in [0.2, 0.25) is 0 Å². The Kier molecular flexibility index (Phi) is 3.65. The average molecular weight is 264 g/mol. The molecule has 0 unspecified atom stereocenters. The molecule has 0 bridgehead atoms. The van der Waals surface area contributed by atoms with Crippen LogP contribution in [0.1, 0.15) is 9.75 Å². The number of rotatable bonds is 2. The van der Waals surface area contributed by atoms with E-state index in [9.17, 15) is 9.59 Å². The maximum atomic E-state index is 11.7. The third kappa shape index (κ3) is 2.53. The topological polar surface area (TPSA) is 60.9 Å². The van der Waals surface area contributed by atoms with Crippen molar-refractivity contribution in [2.75, 3.05) is 20.2 Å². The Balaban J connectivity index is 2.08. The van der Waals surface area contributed by atoms with Crippen molar-refractivity contribution in [2.45, 2.75) is 6.54 Å². The van der Waals surface area contributed by atoms with Crippen molar-refractivity contribution in [2.24, 2.45) is 0 Å². The van der Waals surface area contributed by atoms with Crippen LogP contribution in [0.4, 0.5) is 4.79 Å². The van der Waals surface area contributed by atoms with Crippen molar-refractivity contribution in [3.8, 4) is 11.8 Å². The monoisotopic (exact) mass is 264 g/mol. The first-order valence-corrected chi connectivity index (χ1v) is 6.17. The molecule has 2 heterocycles. The van der Waals surface area contributed by atoms with Crippen LogP contribution in [0.5, 0.6) is 0 Å². The van der Waals surface area contributed by atoms with Gasteiger partial charge in [-0.3, -0.25) is 9.69 Å². The van der Waals surface area contributed by atoms with E-state index in [2.05, 4.69) is 11.8 Å². The van der Waals surface area contributed by atoms with Gasteiger partial charge in [0.2, 0.25) is 0 Å². The number of hydrogen-bond donors (Lipinski definition) is 1. The summed E-state index contributed by atoms with van der Waals surface area (Å²) >= 11 is 1.42. The van der Waals surface area contributed by atoms with Gasteiger partial charge in [0, 0.05) is 11.9 Å². The molecular weight excluding hydrogens is 252 g/mol. The number of imide groups is 1. The second-order valence-corrected chi connectivity index (χ2v) is 5.01. The first-order valence-electron chi connectivity index (χ1n) is 5.35. The van der Waals surface area contributed by atoms with Crippen molar-refractivity contribution < 1.29 is 14.7 Å². The second kappa shape index (κ2) is 5.21. The molecule has 6 heteroatoms. The Morgan fingerprint density at radius 1 is 1.44 bits per heavy atom. The smallest absolute Gasteiger partial charge is 0.327 e. The number of carbonyl (C=O) groups is 2. The molecular formula is C12H12N2O3S. The van der Waals surface area contributed by atoms with E-state index >= 15 is 0 Å². The molecule has 0 aliphatic carbocycles. The number of aliphatic hydroxyl groups is 1. The standard InChI is InChI=1S/C12H12N2O3S/c1-13-8-11(16)14(12(13)17)7-10-5-4-9(18-10)3-2-6-15/h4-5,15H,6-8H2,1H3. The van der Waals surface area contributed by atoms with Crippen molar-refractivity contribution in [3.05, 3.63) is 21.9 Å². The van der Waals surface area contributed by atoms with Gasteiger partial charge in [-0.1, -0.05) is 11.8 Å². The predicted molar refractivity (Wildman–Crippen MR) is 66.9 cm³/mol. The molecule has 94 valence electrons. The van der Waals surface area contributed by atoms with Gasteiger partial charge in [0.25, 0.3) is 5.91 Å². The zero-order chi connectivity index (χ0) is 13.1.